The number of aliphatic hydroxyl groups excluding tert-OH is 1. The minimum Gasteiger partial charge on any atom is -0.497 e. The van der Waals surface area contributed by atoms with Crippen molar-refractivity contribution in [1.82, 2.24) is 10.2 Å². The second-order valence-electron chi connectivity index (χ2n) is 4.91. The van der Waals surface area contributed by atoms with Gasteiger partial charge in [0.25, 0.3) is 0 Å². The predicted molar refractivity (Wildman–Crippen MR) is 80.0 cm³/mol. The molecule has 20 heavy (non-hydrogen) atoms. The Morgan fingerprint density at radius 1 is 1.45 bits per heavy atom. The van der Waals surface area contributed by atoms with Crippen molar-refractivity contribution < 1.29 is 9.84 Å². The number of guanidine groups is 1. The van der Waals surface area contributed by atoms with Crippen LogP contribution in [0.15, 0.2) is 29.3 Å². The van der Waals surface area contributed by atoms with Gasteiger partial charge < -0.3 is 20.1 Å². The van der Waals surface area contributed by atoms with Gasteiger partial charge in [-0.1, -0.05) is 12.1 Å². The molecule has 0 saturated carbocycles. The van der Waals surface area contributed by atoms with Gasteiger partial charge in [-0.2, -0.15) is 0 Å². The fourth-order valence-electron chi connectivity index (χ4n) is 2.26. The number of hydrogen-bond acceptors (Lipinski definition) is 3. The molecule has 0 spiro atoms. The molecule has 0 amide bonds. The second-order valence-corrected chi connectivity index (χ2v) is 4.91. The maximum atomic E-state index is 9.62. The zero-order chi connectivity index (χ0) is 14.4. The fraction of sp³-hybridized carbons (Fsp3) is 0.533. The van der Waals surface area contributed by atoms with E-state index in [0.29, 0.717) is 13.1 Å². The first-order valence-electron chi connectivity index (χ1n) is 7.07. The average Bonchev–Trinajstić information content (AvgIpc) is 2.90. The van der Waals surface area contributed by atoms with Gasteiger partial charge in [-0.15, -0.1) is 0 Å². The van der Waals surface area contributed by atoms with E-state index in [2.05, 4.69) is 22.1 Å². The number of aliphatic hydroxyl groups is 1. The first-order valence-corrected chi connectivity index (χ1v) is 7.07. The molecule has 1 saturated heterocycles. The van der Waals surface area contributed by atoms with Crippen LogP contribution in [0, 0.1) is 0 Å². The van der Waals surface area contributed by atoms with Crippen LogP contribution in [-0.2, 0) is 6.54 Å². The molecule has 1 aromatic rings. The fourth-order valence-corrected chi connectivity index (χ4v) is 2.26. The highest BCUT2D eigenvalue weighted by atomic mass is 16.5. The monoisotopic (exact) mass is 277 g/mol. The molecular weight excluding hydrogens is 254 g/mol. The number of hydrogen-bond donors (Lipinski definition) is 2. The Kier molecular flexibility index (Phi) is 5.24. The van der Waals surface area contributed by atoms with E-state index in [0.717, 1.165) is 36.8 Å². The molecule has 1 atom stereocenters. The van der Waals surface area contributed by atoms with E-state index in [1.165, 1.54) is 0 Å². The average molecular weight is 277 g/mol. The SMILES string of the molecule is CCNC(=NCc1ccc(OC)cc1)N1CC[C@@H](O)C1. The smallest absolute Gasteiger partial charge is 0.194 e. The normalized spacial score (nSPS) is 19.2. The topological polar surface area (TPSA) is 57.1 Å². The van der Waals surface area contributed by atoms with E-state index < -0.39 is 0 Å². The molecule has 1 aliphatic rings. The quantitative estimate of drug-likeness (QED) is 0.642. The summed E-state index contributed by atoms with van der Waals surface area (Å²) in [5.74, 6) is 1.73. The van der Waals surface area contributed by atoms with Crippen LogP contribution < -0.4 is 10.1 Å². The van der Waals surface area contributed by atoms with Crippen LogP contribution in [0.5, 0.6) is 5.75 Å². The number of benzene rings is 1. The van der Waals surface area contributed by atoms with Gasteiger partial charge in [0, 0.05) is 19.6 Å². The van der Waals surface area contributed by atoms with Crippen LogP contribution in [0.1, 0.15) is 18.9 Å². The largest absolute Gasteiger partial charge is 0.497 e. The van der Waals surface area contributed by atoms with Gasteiger partial charge in [-0.3, -0.25) is 0 Å². The summed E-state index contributed by atoms with van der Waals surface area (Å²) in [5, 5.41) is 12.9. The molecule has 110 valence electrons. The molecule has 1 aromatic carbocycles. The molecule has 0 aliphatic carbocycles. The maximum absolute atomic E-state index is 9.62. The van der Waals surface area contributed by atoms with Crippen molar-refractivity contribution >= 4 is 5.96 Å². The van der Waals surface area contributed by atoms with Crippen LogP contribution in [0.25, 0.3) is 0 Å². The molecule has 2 N–H and O–H groups in total. The number of ether oxygens (including phenoxy) is 1. The number of nitrogens with zero attached hydrogens (tertiary/aromatic N) is 2. The van der Waals surface area contributed by atoms with Gasteiger partial charge >= 0.3 is 0 Å². The predicted octanol–water partition coefficient (Wildman–Crippen LogP) is 1.23. The Morgan fingerprint density at radius 3 is 2.75 bits per heavy atom. The van der Waals surface area contributed by atoms with Gasteiger partial charge in [-0.05, 0) is 31.0 Å². The molecule has 1 aliphatic heterocycles. The Bertz CT molecular complexity index is 445. The van der Waals surface area contributed by atoms with E-state index in [-0.39, 0.29) is 6.10 Å². The number of aliphatic imine (C=N–C) groups is 1. The van der Waals surface area contributed by atoms with Crippen molar-refractivity contribution in [1.29, 1.82) is 0 Å². The molecule has 0 unspecified atom stereocenters. The minimum atomic E-state index is -0.236. The third kappa shape index (κ3) is 3.87. The van der Waals surface area contributed by atoms with Gasteiger partial charge in [0.05, 0.1) is 19.8 Å². The molecule has 0 radical (unpaired) electrons. The Hall–Kier alpha value is -1.75. The molecule has 1 heterocycles. The number of likely N-dealkylation sites (tertiary alicyclic amines) is 1. The summed E-state index contributed by atoms with van der Waals surface area (Å²) < 4.78 is 5.14. The van der Waals surface area contributed by atoms with Crippen molar-refractivity contribution in [2.24, 2.45) is 4.99 Å². The summed E-state index contributed by atoms with van der Waals surface area (Å²) in [6.45, 7) is 5.02. The minimum absolute atomic E-state index is 0.236. The van der Waals surface area contributed by atoms with Crippen LogP contribution in [0.2, 0.25) is 0 Å². The van der Waals surface area contributed by atoms with Crippen LogP contribution in [0.4, 0.5) is 0 Å². The van der Waals surface area contributed by atoms with Gasteiger partial charge in [0.15, 0.2) is 5.96 Å². The summed E-state index contributed by atoms with van der Waals surface area (Å²) in [6.07, 6.45) is 0.576. The second kappa shape index (κ2) is 7.14. The summed E-state index contributed by atoms with van der Waals surface area (Å²) in [4.78, 5) is 6.74. The van der Waals surface area contributed by atoms with E-state index in [1.807, 2.05) is 24.3 Å². The molecule has 0 aromatic heterocycles. The van der Waals surface area contributed by atoms with Crippen LogP contribution in [0.3, 0.4) is 0 Å². The number of nitrogens with one attached hydrogen (secondary N) is 1. The van der Waals surface area contributed by atoms with Crippen molar-refractivity contribution in [2.75, 3.05) is 26.7 Å². The lowest BCUT2D eigenvalue weighted by atomic mass is 10.2. The lowest BCUT2D eigenvalue weighted by molar-refractivity contribution is 0.188. The zero-order valence-electron chi connectivity index (χ0n) is 12.2. The highest BCUT2D eigenvalue weighted by Gasteiger charge is 2.22. The molecule has 2 rings (SSSR count). The number of methoxy groups -OCH3 is 1. The Morgan fingerprint density at radius 2 is 2.20 bits per heavy atom. The lowest BCUT2D eigenvalue weighted by Crippen LogP contribution is -2.40. The standard InChI is InChI=1S/C15H23N3O2/c1-3-16-15(18-9-8-13(19)11-18)17-10-12-4-6-14(20-2)7-5-12/h4-7,13,19H,3,8-11H2,1-2H3,(H,16,17)/t13-/m1/s1. The first kappa shape index (κ1) is 14.7. The molecular formula is C15H23N3O2. The highest BCUT2D eigenvalue weighted by Crippen LogP contribution is 2.13. The van der Waals surface area contributed by atoms with Crippen molar-refractivity contribution in [3.8, 4) is 5.75 Å². The number of β-amino-alcohol motifs (C(OH)–C–C–N with tert-alkyl or cyclic N) is 1. The molecule has 5 heteroatoms. The first-order chi connectivity index (χ1) is 9.72. The van der Waals surface area contributed by atoms with E-state index >= 15 is 0 Å². The zero-order valence-corrected chi connectivity index (χ0v) is 12.2. The van der Waals surface area contributed by atoms with Gasteiger partial charge in [-0.25, -0.2) is 4.99 Å². The van der Waals surface area contributed by atoms with Crippen molar-refractivity contribution in [3.05, 3.63) is 29.8 Å². The van der Waals surface area contributed by atoms with E-state index in [9.17, 15) is 5.11 Å². The van der Waals surface area contributed by atoms with E-state index in [1.54, 1.807) is 7.11 Å². The molecule has 0 bridgehead atoms. The highest BCUT2D eigenvalue weighted by molar-refractivity contribution is 5.80. The van der Waals surface area contributed by atoms with Crippen molar-refractivity contribution in [3.63, 3.8) is 0 Å². The van der Waals surface area contributed by atoms with Crippen molar-refractivity contribution in [2.45, 2.75) is 26.0 Å². The van der Waals surface area contributed by atoms with E-state index in [4.69, 9.17) is 4.74 Å². The van der Waals surface area contributed by atoms with Gasteiger partial charge in [0.1, 0.15) is 5.75 Å². The third-order valence-electron chi connectivity index (χ3n) is 3.37. The molecule has 5 nitrogen and oxygen atoms in total. The Labute approximate surface area is 120 Å². The summed E-state index contributed by atoms with van der Waals surface area (Å²) in [5.41, 5.74) is 1.14. The number of rotatable bonds is 4. The summed E-state index contributed by atoms with van der Waals surface area (Å²) >= 11 is 0. The summed E-state index contributed by atoms with van der Waals surface area (Å²) in [7, 11) is 1.66. The summed E-state index contributed by atoms with van der Waals surface area (Å²) in [6, 6.07) is 7.92. The van der Waals surface area contributed by atoms with Crippen LogP contribution in [-0.4, -0.2) is 48.8 Å². The van der Waals surface area contributed by atoms with Crippen LogP contribution >= 0.6 is 0 Å². The lowest BCUT2D eigenvalue weighted by Gasteiger charge is -2.20. The van der Waals surface area contributed by atoms with Gasteiger partial charge in [0.2, 0.25) is 0 Å². The third-order valence-corrected chi connectivity index (χ3v) is 3.37. The molecule has 1 fully saturated rings. The Balaban J connectivity index is 2.00. The maximum Gasteiger partial charge on any atom is 0.194 e.